The number of anilines is 1. The number of aromatic nitrogens is 2. The van der Waals surface area contributed by atoms with Gasteiger partial charge in [0.15, 0.2) is 0 Å². The molecule has 0 aliphatic rings. The minimum atomic E-state index is -0.270. The van der Waals surface area contributed by atoms with Gasteiger partial charge in [0, 0.05) is 34.0 Å². The molecule has 3 aromatic rings. The largest absolute Gasteiger partial charge is 0.495 e. The number of nitrogens with one attached hydrogen (secondary N) is 1. The number of fused-ring (bicyclic) bond motifs is 1. The average Bonchev–Trinajstić information content (AvgIpc) is 3.04. The lowest BCUT2D eigenvalue weighted by molar-refractivity contribution is 0.404. The Hall–Kier alpha value is -1.86. The van der Waals surface area contributed by atoms with Gasteiger partial charge in [0.2, 0.25) is 0 Å². The fourth-order valence-corrected chi connectivity index (χ4v) is 4.43. The Morgan fingerprint density at radius 2 is 2.04 bits per heavy atom. The second kappa shape index (κ2) is 8.66. The topological polar surface area (TPSA) is 38.6 Å². The number of halogens is 1. The lowest BCUT2D eigenvalue weighted by Crippen LogP contribution is -2.08. The molecule has 2 heterocycles. The summed E-state index contributed by atoms with van der Waals surface area (Å²) in [6.45, 7) is 8.58. The molecule has 150 valence electrons. The third kappa shape index (κ3) is 4.75. The Labute approximate surface area is 174 Å². The van der Waals surface area contributed by atoms with E-state index in [-0.39, 0.29) is 10.6 Å². The normalized spacial score (nSPS) is 11.8. The van der Waals surface area contributed by atoms with Crippen LogP contribution in [-0.4, -0.2) is 27.0 Å². The lowest BCUT2D eigenvalue weighted by atomic mass is 10.1. The highest BCUT2D eigenvalue weighted by Gasteiger charge is 2.19. The fourth-order valence-electron chi connectivity index (χ4n) is 2.77. The number of thioether (sulfide) groups is 1. The predicted molar refractivity (Wildman–Crippen MR) is 119 cm³/mol. The molecule has 0 radical (unpaired) electrons. The van der Waals surface area contributed by atoms with Crippen LogP contribution in [0.2, 0.25) is 0 Å². The van der Waals surface area contributed by atoms with Gasteiger partial charge in [-0.3, -0.25) is 4.40 Å². The number of methoxy groups -OCH3 is 1. The second-order valence-electron chi connectivity index (χ2n) is 7.44. The molecule has 0 bridgehead atoms. The summed E-state index contributed by atoms with van der Waals surface area (Å²) in [7, 11) is 1.66. The van der Waals surface area contributed by atoms with Crippen LogP contribution in [-0.2, 0) is 0 Å². The average molecular weight is 420 g/mol. The van der Waals surface area contributed by atoms with Gasteiger partial charge >= 0.3 is 0 Å². The van der Waals surface area contributed by atoms with Crippen LogP contribution < -0.4 is 9.46 Å². The van der Waals surface area contributed by atoms with E-state index < -0.39 is 0 Å². The molecule has 1 aromatic carbocycles. The zero-order chi connectivity index (χ0) is 20.3. The zero-order valence-corrected chi connectivity index (χ0v) is 18.5. The fraction of sp³-hybridized carbons (Fsp3) is 0.381. The Morgan fingerprint density at radius 1 is 1.25 bits per heavy atom. The van der Waals surface area contributed by atoms with Gasteiger partial charge in [-0.1, -0.05) is 39.6 Å². The van der Waals surface area contributed by atoms with Crippen LogP contribution in [0.3, 0.4) is 0 Å². The maximum absolute atomic E-state index is 14.7. The third-order valence-electron chi connectivity index (χ3n) is 3.95. The molecule has 0 aliphatic carbocycles. The predicted octanol–water partition coefficient (Wildman–Crippen LogP) is 6.51. The number of pyridine rings is 1. The van der Waals surface area contributed by atoms with Gasteiger partial charge in [-0.15, -0.1) is 11.8 Å². The van der Waals surface area contributed by atoms with Gasteiger partial charge in [0.1, 0.15) is 17.2 Å². The van der Waals surface area contributed by atoms with Crippen LogP contribution >= 0.6 is 23.7 Å². The van der Waals surface area contributed by atoms with Crippen LogP contribution in [0.25, 0.3) is 16.9 Å². The molecule has 3 rings (SSSR count). The number of nitrogens with zero attached hydrogens (tertiary/aromatic N) is 2. The molecule has 0 unspecified atom stereocenters. The van der Waals surface area contributed by atoms with Gasteiger partial charge < -0.3 is 9.46 Å². The van der Waals surface area contributed by atoms with E-state index in [1.54, 1.807) is 43.1 Å². The van der Waals surface area contributed by atoms with E-state index in [0.29, 0.717) is 5.56 Å². The van der Waals surface area contributed by atoms with Gasteiger partial charge in [0.05, 0.1) is 23.9 Å². The molecular weight excluding hydrogens is 393 g/mol. The SMILES string of the molecule is CCCSNc1ccc(F)c(-c2cnc3cc(OC)c(SC(C)(C)C)cn23)c1. The highest BCUT2D eigenvalue weighted by Crippen LogP contribution is 2.39. The van der Waals surface area contributed by atoms with E-state index in [4.69, 9.17) is 4.74 Å². The van der Waals surface area contributed by atoms with E-state index >= 15 is 0 Å². The first-order valence-electron chi connectivity index (χ1n) is 9.24. The van der Waals surface area contributed by atoms with Gasteiger partial charge in [-0.2, -0.15) is 0 Å². The maximum Gasteiger partial charge on any atom is 0.140 e. The molecule has 4 nitrogen and oxygen atoms in total. The molecule has 0 saturated heterocycles. The Bertz CT molecular complexity index is 966. The van der Waals surface area contributed by atoms with Crippen molar-refractivity contribution in [3.8, 4) is 17.0 Å². The minimum Gasteiger partial charge on any atom is -0.495 e. The number of rotatable bonds is 7. The van der Waals surface area contributed by atoms with Gasteiger partial charge in [-0.05, 0) is 24.6 Å². The molecule has 0 fully saturated rings. The van der Waals surface area contributed by atoms with E-state index in [1.807, 2.05) is 22.7 Å². The zero-order valence-electron chi connectivity index (χ0n) is 16.9. The smallest absolute Gasteiger partial charge is 0.140 e. The van der Waals surface area contributed by atoms with Crippen molar-refractivity contribution in [3.63, 3.8) is 0 Å². The molecule has 0 atom stereocenters. The summed E-state index contributed by atoms with van der Waals surface area (Å²) < 4.78 is 25.4. The number of ether oxygens (including phenoxy) is 1. The highest BCUT2D eigenvalue weighted by molar-refractivity contribution is 8.00. The molecule has 0 amide bonds. The van der Waals surface area contributed by atoms with Crippen molar-refractivity contribution in [2.24, 2.45) is 0 Å². The first-order chi connectivity index (χ1) is 13.3. The van der Waals surface area contributed by atoms with Crippen LogP contribution in [0.15, 0.2) is 41.6 Å². The van der Waals surface area contributed by atoms with Crippen LogP contribution in [0, 0.1) is 5.82 Å². The van der Waals surface area contributed by atoms with Crippen molar-refractivity contribution in [2.75, 3.05) is 17.6 Å². The minimum absolute atomic E-state index is 0.0211. The van der Waals surface area contributed by atoms with Crippen molar-refractivity contribution in [1.82, 2.24) is 9.38 Å². The molecule has 0 spiro atoms. The number of benzene rings is 1. The number of imidazole rings is 1. The van der Waals surface area contributed by atoms with E-state index in [2.05, 4.69) is 37.4 Å². The molecule has 7 heteroatoms. The summed E-state index contributed by atoms with van der Waals surface area (Å²) >= 11 is 3.33. The van der Waals surface area contributed by atoms with E-state index in [9.17, 15) is 4.39 Å². The van der Waals surface area contributed by atoms with E-state index in [0.717, 1.165) is 39.8 Å². The summed E-state index contributed by atoms with van der Waals surface area (Å²) in [5, 5.41) is 0. The summed E-state index contributed by atoms with van der Waals surface area (Å²) in [5.41, 5.74) is 2.84. The van der Waals surface area contributed by atoms with Crippen LogP contribution in [0.4, 0.5) is 10.1 Å². The van der Waals surface area contributed by atoms with Gasteiger partial charge in [0.25, 0.3) is 0 Å². The number of hydrogen-bond donors (Lipinski definition) is 1. The van der Waals surface area contributed by atoms with Crippen molar-refractivity contribution >= 4 is 35.0 Å². The van der Waals surface area contributed by atoms with Crippen LogP contribution in [0.5, 0.6) is 5.75 Å². The lowest BCUT2D eigenvalue weighted by Gasteiger charge is -2.20. The quantitative estimate of drug-likeness (QED) is 0.268. The Balaban J connectivity index is 2.06. The molecule has 28 heavy (non-hydrogen) atoms. The Kier molecular flexibility index (Phi) is 6.45. The molecular formula is C21H26FN3OS2. The van der Waals surface area contributed by atoms with Crippen LogP contribution in [0.1, 0.15) is 34.1 Å². The standard InChI is InChI=1S/C21H26FN3OS2/c1-6-9-27-24-14-7-8-16(22)15(10-14)17-12-23-20-11-18(26-5)19(13-25(17)20)28-21(2,3)4/h7-8,10-13,24H,6,9H2,1-5H3. The maximum atomic E-state index is 14.7. The monoisotopic (exact) mass is 419 g/mol. The van der Waals surface area contributed by atoms with Crippen molar-refractivity contribution in [3.05, 3.63) is 42.5 Å². The van der Waals surface area contributed by atoms with E-state index in [1.165, 1.54) is 6.07 Å². The first-order valence-corrected chi connectivity index (χ1v) is 11.0. The van der Waals surface area contributed by atoms with Crippen molar-refractivity contribution in [2.45, 2.75) is 43.8 Å². The summed E-state index contributed by atoms with van der Waals surface area (Å²) in [6, 6.07) is 6.99. The van der Waals surface area contributed by atoms with Crippen molar-refractivity contribution < 1.29 is 9.13 Å². The second-order valence-corrected chi connectivity index (χ2v) is 10.2. The van der Waals surface area contributed by atoms with Crippen molar-refractivity contribution in [1.29, 1.82) is 0 Å². The molecule has 0 aliphatic heterocycles. The highest BCUT2D eigenvalue weighted by atomic mass is 32.2. The number of hydrogen-bond acceptors (Lipinski definition) is 5. The molecule has 0 saturated carbocycles. The summed E-state index contributed by atoms with van der Waals surface area (Å²) in [5.74, 6) is 1.50. The summed E-state index contributed by atoms with van der Waals surface area (Å²) in [4.78, 5) is 5.46. The van der Waals surface area contributed by atoms with Gasteiger partial charge in [-0.25, -0.2) is 9.37 Å². The third-order valence-corrected chi connectivity index (χ3v) is 6.08. The molecule has 1 N–H and O–H groups in total. The molecule has 2 aromatic heterocycles. The first kappa shape index (κ1) is 20.9. The summed E-state index contributed by atoms with van der Waals surface area (Å²) in [6.07, 6.45) is 4.77. The Morgan fingerprint density at radius 3 is 2.71 bits per heavy atom.